The van der Waals surface area contributed by atoms with Crippen LogP contribution in [0.1, 0.15) is 44.1 Å². The van der Waals surface area contributed by atoms with Crippen LogP contribution in [0.15, 0.2) is 11.2 Å². The van der Waals surface area contributed by atoms with E-state index in [2.05, 4.69) is 33.9 Å². The van der Waals surface area contributed by atoms with Crippen LogP contribution in [0.2, 0.25) is 0 Å². The molecular formula is C13H20N4O. The Bertz CT molecular complexity index is 446. The van der Waals surface area contributed by atoms with Gasteiger partial charge in [0.05, 0.1) is 5.71 Å². The normalized spacial score (nSPS) is 16.2. The van der Waals surface area contributed by atoms with E-state index in [0.717, 1.165) is 49.0 Å². The number of nitrogens with zero attached hydrogens (tertiary/aromatic N) is 4. The van der Waals surface area contributed by atoms with Crippen LogP contribution in [-0.4, -0.2) is 34.0 Å². The molecule has 1 aliphatic rings. The number of anilines is 1. The van der Waals surface area contributed by atoms with Crippen molar-refractivity contribution in [3.63, 3.8) is 0 Å². The number of aromatic nitrogens is 2. The SMILES string of the molecule is Cc1cc(N2CCC(=NO)CC2)nc(C(C)C)n1. The molecular weight excluding hydrogens is 228 g/mol. The minimum atomic E-state index is 0.336. The smallest absolute Gasteiger partial charge is 0.133 e. The highest BCUT2D eigenvalue weighted by atomic mass is 16.4. The Morgan fingerprint density at radius 3 is 2.50 bits per heavy atom. The summed E-state index contributed by atoms with van der Waals surface area (Å²) in [5, 5.41) is 12.0. The van der Waals surface area contributed by atoms with Gasteiger partial charge in [0.2, 0.25) is 0 Å². The van der Waals surface area contributed by atoms with Gasteiger partial charge in [-0.3, -0.25) is 0 Å². The second kappa shape index (κ2) is 5.33. The van der Waals surface area contributed by atoms with Crippen molar-refractivity contribution in [2.45, 2.75) is 39.5 Å². The third-order valence-corrected chi connectivity index (χ3v) is 3.18. The van der Waals surface area contributed by atoms with Gasteiger partial charge in [-0.2, -0.15) is 0 Å². The average Bonchev–Trinajstić information content (AvgIpc) is 2.38. The van der Waals surface area contributed by atoms with Crippen molar-refractivity contribution in [1.29, 1.82) is 0 Å². The maximum absolute atomic E-state index is 8.75. The lowest BCUT2D eigenvalue weighted by Gasteiger charge is -2.28. The zero-order valence-corrected chi connectivity index (χ0v) is 11.2. The molecule has 1 fully saturated rings. The Hall–Kier alpha value is -1.65. The number of hydrogen-bond acceptors (Lipinski definition) is 5. The van der Waals surface area contributed by atoms with E-state index in [1.807, 2.05) is 13.0 Å². The Morgan fingerprint density at radius 2 is 1.94 bits per heavy atom. The summed E-state index contributed by atoms with van der Waals surface area (Å²) in [4.78, 5) is 11.3. The fraction of sp³-hybridized carbons (Fsp3) is 0.615. The second-order valence-electron chi connectivity index (χ2n) is 5.03. The fourth-order valence-corrected chi connectivity index (χ4v) is 2.09. The zero-order chi connectivity index (χ0) is 13.1. The summed E-state index contributed by atoms with van der Waals surface area (Å²) in [6.45, 7) is 7.92. The second-order valence-corrected chi connectivity index (χ2v) is 5.03. The van der Waals surface area contributed by atoms with Crippen molar-refractivity contribution in [3.05, 3.63) is 17.6 Å². The molecule has 0 radical (unpaired) electrons. The topological polar surface area (TPSA) is 61.6 Å². The van der Waals surface area contributed by atoms with Gasteiger partial charge in [-0.05, 0) is 6.92 Å². The summed E-state index contributed by atoms with van der Waals surface area (Å²) < 4.78 is 0. The molecule has 18 heavy (non-hydrogen) atoms. The quantitative estimate of drug-likeness (QED) is 0.644. The minimum Gasteiger partial charge on any atom is -0.411 e. The van der Waals surface area contributed by atoms with E-state index in [4.69, 9.17) is 5.21 Å². The molecule has 1 aliphatic heterocycles. The molecule has 1 aromatic heterocycles. The van der Waals surface area contributed by atoms with Crippen molar-refractivity contribution in [1.82, 2.24) is 9.97 Å². The molecule has 0 atom stereocenters. The molecule has 0 bridgehead atoms. The summed E-state index contributed by atoms with van der Waals surface area (Å²) in [6, 6.07) is 2.02. The Kier molecular flexibility index (Phi) is 3.79. The third kappa shape index (κ3) is 2.78. The summed E-state index contributed by atoms with van der Waals surface area (Å²) in [5.74, 6) is 2.22. The average molecular weight is 248 g/mol. The lowest BCUT2D eigenvalue weighted by Crippen LogP contribution is -2.34. The first-order valence-corrected chi connectivity index (χ1v) is 6.40. The van der Waals surface area contributed by atoms with Crippen LogP contribution >= 0.6 is 0 Å². The zero-order valence-electron chi connectivity index (χ0n) is 11.2. The minimum absolute atomic E-state index is 0.336. The Balaban J connectivity index is 2.18. The Labute approximate surface area is 108 Å². The molecule has 0 amide bonds. The first-order chi connectivity index (χ1) is 8.60. The van der Waals surface area contributed by atoms with Crippen LogP contribution in [0.25, 0.3) is 0 Å². The summed E-state index contributed by atoms with van der Waals surface area (Å²) in [5.41, 5.74) is 1.88. The molecule has 0 unspecified atom stereocenters. The van der Waals surface area contributed by atoms with Gasteiger partial charge in [0, 0.05) is 43.6 Å². The molecule has 98 valence electrons. The summed E-state index contributed by atoms with van der Waals surface area (Å²) >= 11 is 0. The number of oxime groups is 1. The van der Waals surface area contributed by atoms with Gasteiger partial charge >= 0.3 is 0 Å². The summed E-state index contributed by atoms with van der Waals surface area (Å²) in [7, 11) is 0. The van der Waals surface area contributed by atoms with Crippen molar-refractivity contribution < 1.29 is 5.21 Å². The monoisotopic (exact) mass is 248 g/mol. The van der Waals surface area contributed by atoms with Gasteiger partial charge in [0.1, 0.15) is 11.6 Å². The lowest BCUT2D eigenvalue weighted by atomic mass is 10.1. The van der Waals surface area contributed by atoms with Crippen molar-refractivity contribution in [2.24, 2.45) is 5.16 Å². The van der Waals surface area contributed by atoms with E-state index in [-0.39, 0.29) is 0 Å². The van der Waals surface area contributed by atoms with Crippen LogP contribution in [-0.2, 0) is 0 Å². The third-order valence-electron chi connectivity index (χ3n) is 3.18. The lowest BCUT2D eigenvalue weighted by molar-refractivity contribution is 0.315. The first kappa shape index (κ1) is 12.8. The van der Waals surface area contributed by atoms with E-state index in [9.17, 15) is 0 Å². The molecule has 0 saturated carbocycles. The molecule has 1 saturated heterocycles. The molecule has 2 heterocycles. The van der Waals surface area contributed by atoms with Crippen LogP contribution in [0, 0.1) is 6.92 Å². The van der Waals surface area contributed by atoms with Crippen LogP contribution in [0.5, 0.6) is 0 Å². The number of hydrogen-bond donors (Lipinski definition) is 1. The van der Waals surface area contributed by atoms with E-state index in [1.54, 1.807) is 0 Å². The van der Waals surface area contributed by atoms with Gasteiger partial charge < -0.3 is 10.1 Å². The predicted molar refractivity (Wildman–Crippen MR) is 71.5 cm³/mol. The van der Waals surface area contributed by atoms with Gasteiger partial charge in [-0.25, -0.2) is 9.97 Å². The maximum atomic E-state index is 8.75. The first-order valence-electron chi connectivity index (χ1n) is 6.40. The van der Waals surface area contributed by atoms with Gasteiger partial charge in [0.25, 0.3) is 0 Å². The predicted octanol–water partition coefficient (Wildman–Crippen LogP) is 2.34. The molecule has 0 aromatic carbocycles. The van der Waals surface area contributed by atoms with Gasteiger partial charge in [0.15, 0.2) is 0 Å². The highest BCUT2D eigenvalue weighted by molar-refractivity contribution is 5.86. The maximum Gasteiger partial charge on any atom is 0.133 e. The van der Waals surface area contributed by atoms with E-state index >= 15 is 0 Å². The van der Waals surface area contributed by atoms with Gasteiger partial charge in [-0.1, -0.05) is 19.0 Å². The molecule has 1 aromatic rings. The number of rotatable bonds is 2. The highest BCUT2D eigenvalue weighted by Gasteiger charge is 2.18. The molecule has 0 spiro atoms. The van der Waals surface area contributed by atoms with Gasteiger partial charge in [-0.15, -0.1) is 0 Å². The molecule has 5 nitrogen and oxygen atoms in total. The molecule has 5 heteroatoms. The highest BCUT2D eigenvalue weighted by Crippen LogP contribution is 2.20. The van der Waals surface area contributed by atoms with Crippen molar-refractivity contribution in [3.8, 4) is 0 Å². The number of piperidine rings is 1. The number of aryl methyl sites for hydroxylation is 1. The van der Waals surface area contributed by atoms with E-state index < -0.39 is 0 Å². The summed E-state index contributed by atoms with van der Waals surface area (Å²) in [6.07, 6.45) is 1.60. The Morgan fingerprint density at radius 1 is 1.28 bits per heavy atom. The van der Waals surface area contributed by atoms with Crippen molar-refractivity contribution in [2.75, 3.05) is 18.0 Å². The van der Waals surface area contributed by atoms with Crippen molar-refractivity contribution >= 4 is 11.5 Å². The molecule has 1 N–H and O–H groups in total. The fourth-order valence-electron chi connectivity index (χ4n) is 2.09. The van der Waals surface area contributed by atoms with Crippen LogP contribution in [0.4, 0.5) is 5.82 Å². The molecule has 2 rings (SSSR count). The largest absolute Gasteiger partial charge is 0.411 e. The van der Waals surface area contributed by atoms with E-state index in [0.29, 0.717) is 5.92 Å². The van der Waals surface area contributed by atoms with Crippen LogP contribution < -0.4 is 4.90 Å². The van der Waals surface area contributed by atoms with Crippen LogP contribution in [0.3, 0.4) is 0 Å². The molecule has 0 aliphatic carbocycles. The van der Waals surface area contributed by atoms with E-state index in [1.165, 1.54) is 0 Å². The standard InChI is InChI=1S/C13H20N4O/c1-9(2)13-14-10(3)8-12(15-13)17-6-4-11(16-18)5-7-17/h8-9,18H,4-7H2,1-3H3.